The first-order chi connectivity index (χ1) is 16.3. The van der Waals surface area contributed by atoms with Crippen LogP contribution in [0.5, 0.6) is 0 Å². The minimum atomic E-state index is -0.0414. The van der Waals surface area contributed by atoms with E-state index >= 15 is 0 Å². The van der Waals surface area contributed by atoms with E-state index in [4.69, 9.17) is 0 Å². The maximum Gasteiger partial charge on any atom is 0.226 e. The van der Waals surface area contributed by atoms with Crippen molar-refractivity contribution in [3.63, 3.8) is 0 Å². The first kappa shape index (κ1) is 24.8. The molecule has 6 heteroatoms. The van der Waals surface area contributed by atoms with Gasteiger partial charge in [0.25, 0.3) is 0 Å². The summed E-state index contributed by atoms with van der Waals surface area (Å²) >= 11 is 0. The standard InChI is InChI=1S/C28H34N4O2/c1-19(2)27(33)31-25-13-9-23(10-14-25)29-17-21-5-7-22(8-6-21)18-30-24-11-15-26(16-12-24)32-28(34)20(3)4/h5-16,19-20,29-30H,17-18H2,1-4H3,(H,31,33)(H,32,34). The zero-order valence-corrected chi connectivity index (χ0v) is 20.3. The van der Waals surface area contributed by atoms with Gasteiger partial charge in [0.15, 0.2) is 0 Å². The van der Waals surface area contributed by atoms with Gasteiger partial charge in [-0.1, -0.05) is 52.0 Å². The van der Waals surface area contributed by atoms with Crippen LogP contribution < -0.4 is 21.3 Å². The summed E-state index contributed by atoms with van der Waals surface area (Å²) in [4.78, 5) is 23.6. The van der Waals surface area contributed by atoms with Crippen molar-refractivity contribution in [2.45, 2.75) is 40.8 Å². The van der Waals surface area contributed by atoms with Crippen molar-refractivity contribution < 1.29 is 9.59 Å². The van der Waals surface area contributed by atoms with E-state index in [9.17, 15) is 9.59 Å². The van der Waals surface area contributed by atoms with Gasteiger partial charge in [-0.15, -0.1) is 0 Å². The number of carbonyl (C=O) groups excluding carboxylic acids is 2. The van der Waals surface area contributed by atoms with Gasteiger partial charge in [-0.3, -0.25) is 9.59 Å². The van der Waals surface area contributed by atoms with Crippen molar-refractivity contribution in [1.29, 1.82) is 0 Å². The summed E-state index contributed by atoms with van der Waals surface area (Å²) in [5.74, 6) is -0.0504. The van der Waals surface area contributed by atoms with Crippen molar-refractivity contribution in [2.24, 2.45) is 11.8 Å². The molecular weight excluding hydrogens is 424 g/mol. The second kappa shape index (κ2) is 11.9. The zero-order valence-electron chi connectivity index (χ0n) is 20.3. The average Bonchev–Trinajstić information content (AvgIpc) is 2.83. The van der Waals surface area contributed by atoms with Gasteiger partial charge < -0.3 is 21.3 Å². The van der Waals surface area contributed by atoms with Gasteiger partial charge in [-0.2, -0.15) is 0 Å². The van der Waals surface area contributed by atoms with E-state index in [1.54, 1.807) is 0 Å². The number of carbonyl (C=O) groups is 2. The third kappa shape index (κ3) is 7.66. The molecule has 6 nitrogen and oxygen atoms in total. The van der Waals surface area contributed by atoms with E-state index in [1.807, 2.05) is 76.2 Å². The van der Waals surface area contributed by atoms with Gasteiger partial charge in [-0.05, 0) is 59.7 Å². The van der Waals surface area contributed by atoms with Crippen LogP contribution in [0.4, 0.5) is 22.7 Å². The fourth-order valence-electron chi connectivity index (χ4n) is 3.10. The molecule has 0 saturated carbocycles. The average molecular weight is 459 g/mol. The van der Waals surface area contributed by atoms with Crippen molar-refractivity contribution in [2.75, 3.05) is 21.3 Å². The van der Waals surface area contributed by atoms with Crippen LogP contribution in [-0.2, 0) is 22.7 Å². The highest BCUT2D eigenvalue weighted by Gasteiger charge is 2.07. The third-order valence-electron chi connectivity index (χ3n) is 5.37. The largest absolute Gasteiger partial charge is 0.381 e. The molecule has 0 fully saturated rings. The van der Waals surface area contributed by atoms with Gasteiger partial charge in [0.2, 0.25) is 11.8 Å². The Kier molecular flexibility index (Phi) is 8.68. The molecule has 0 radical (unpaired) electrons. The summed E-state index contributed by atoms with van der Waals surface area (Å²) in [6, 6.07) is 24.0. The summed E-state index contributed by atoms with van der Waals surface area (Å²) < 4.78 is 0. The second-order valence-electron chi connectivity index (χ2n) is 8.97. The van der Waals surface area contributed by atoms with E-state index in [0.29, 0.717) is 0 Å². The lowest BCUT2D eigenvalue weighted by Crippen LogP contribution is -2.17. The zero-order chi connectivity index (χ0) is 24.5. The fourth-order valence-corrected chi connectivity index (χ4v) is 3.10. The molecular formula is C28H34N4O2. The molecule has 0 atom stereocenters. The molecule has 2 amide bonds. The highest BCUT2D eigenvalue weighted by Crippen LogP contribution is 2.17. The number of hydrogen-bond acceptors (Lipinski definition) is 4. The Labute approximate surface area is 202 Å². The van der Waals surface area contributed by atoms with E-state index in [0.717, 1.165) is 35.8 Å². The predicted molar refractivity (Wildman–Crippen MR) is 141 cm³/mol. The summed E-state index contributed by atoms with van der Waals surface area (Å²) in [5.41, 5.74) is 5.98. The Balaban J connectivity index is 1.44. The maximum absolute atomic E-state index is 11.8. The first-order valence-electron chi connectivity index (χ1n) is 11.7. The lowest BCUT2D eigenvalue weighted by molar-refractivity contribution is -0.119. The molecule has 0 bridgehead atoms. The van der Waals surface area contributed by atoms with E-state index < -0.39 is 0 Å². The van der Waals surface area contributed by atoms with Crippen LogP contribution in [0.1, 0.15) is 38.8 Å². The Bertz CT molecular complexity index is 984. The Hall–Kier alpha value is -3.80. The minimum absolute atomic E-state index is 0.0161. The Morgan fingerprint density at radius 2 is 0.824 bits per heavy atom. The molecule has 4 N–H and O–H groups in total. The van der Waals surface area contributed by atoms with Crippen molar-refractivity contribution in [3.05, 3.63) is 83.9 Å². The molecule has 178 valence electrons. The van der Waals surface area contributed by atoms with Crippen LogP contribution in [0, 0.1) is 11.8 Å². The topological polar surface area (TPSA) is 82.3 Å². The Morgan fingerprint density at radius 1 is 0.529 bits per heavy atom. The predicted octanol–water partition coefficient (Wildman–Crippen LogP) is 6.10. The molecule has 0 heterocycles. The quantitative estimate of drug-likeness (QED) is 0.296. The number of anilines is 4. The van der Waals surface area contributed by atoms with Gasteiger partial charge in [0, 0.05) is 47.7 Å². The molecule has 3 aromatic rings. The smallest absolute Gasteiger partial charge is 0.226 e. The molecule has 0 aliphatic carbocycles. The van der Waals surface area contributed by atoms with Crippen molar-refractivity contribution in [1.82, 2.24) is 0 Å². The van der Waals surface area contributed by atoms with Gasteiger partial charge in [0.05, 0.1) is 0 Å². The van der Waals surface area contributed by atoms with Crippen molar-refractivity contribution >= 4 is 34.6 Å². The molecule has 3 aromatic carbocycles. The van der Waals surface area contributed by atoms with Gasteiger partial charge in [0.1, 0.15) is 0 Å². The molecule has 0 spiro atoms. The number of amides is 2. The molecule has 0 saturated heterocycles. The van der Waals surface area contributed by atoms with E-state index in [1.165, 1.54) is 11.1 Å². The van der Waals surface area contributed by atoms with Crippen LogP contribution in [0.25, 0.3) is 0 Å². The lowest BCUT2D eigenvalue weighted by Gasteiger charge is -2.11. The second-order valence-corrected chi connectivity index (χ2v) is 8.97. The summed E-state index contributed by atoms with van der Waals surface area (Å²) in [6.45, 7) is 8.94. The Morgan fingerprint density at radius 3 is 1.12 bits per heavy atom. The molecule has 0 aliphatic heterocycles. The van der Waals surface area contributed by atoms with Gasteiger partial charge >= 0.3 is 0 Å². The minimum Gasteiger partial charge on any atom is -0.381 e. The van der Waals surface area contributed by atoms with E-state index in [-0.39, 0.29) is 23.7 Å². The number of benzene rings is 3. The van der Waals surface area contributed by atoms with Crippen LogP contribution in [0.2, 0.25) is 0 Å². The number of hydrogen-bond donors (Lipinski definition) is 4. The summed E-state index contributed by atoms with van der Waals surface area (Å²) in [6.07, 6.45) is 0. The summed E-state index contributed by atoms with van der Waals surface area (Å²) in [5, 5.41) is 12.6. The van der Waals surface area contributed by atoms with Crippen molar-refractivity contribution in [3.8, 4) is 0 Å². The SMILES string of the molecule is CC(C)C(=O)Nc1ccc(NCc2ccc(CNc3ccc(NC(=O)C(C)C)cc3)cc2)cc1. The summed E-state index contributed by atoms with van der Waals surface area (Å²) in [7, 11) is 0. The monoisotopic (exact) mass is 458 g/mol. The van der Waals surface area contributed by atoms with Crippen LogP contribution >= 0.6 is 0 Å². The van der Waals surface area contributed by atoms with Crippen LogP contribution in [0.15, 0.2) is 72.8 Å². The highest BCUT2D eigenvalue weighted by molar-refractivity contribution is 5.92. The van der Waals surface area contributed by atoms with Crippen LogP contribution in [0.3, 0.4) is 0 Å². The van der Waals surface area contributed by atoms with Gasteiger partial charge in [-0.25, -0.2) is 0 Å². The third-order valence-corrected chi connectivity index (χ3v) is 5.37. The normalized spacial score (nSPS) is 10.8. The van der Waals surface area contributed by atoms with Crippen LogP contribution in [-0.4, -0.2) is 11.8 Å². The lowest BCUT2D eigenvalue weighted by atomic mass is 10.1. The fraction of sp³-hybridized carbons (Fsp3) is 0.286. The molecule has 0 unspecified atom stereocenters. The highest BCUT2D eigenvalue weighted by atomic mass is 16.2. The maximum atomic E-state index is 11.8. The first-order valence-corrected chi connectivity index (χ1v) is 11.7. The molecule has 0 aromatic heterocycles. The van der Waals surface area contributed by atoms with E-state index in [2.05, 4.69) is 45.5 Å². The molecule has 0 aliphatic rings. The molecule has 3 rings (SSSR count). The molecule has 34 heavy (non-hydrogen) atoms. The number of rotatable bonds is 10. The number of nitrogens with one attached hydrogen (secondary N) is 4.